The number of halogens is 1. The number of aromatic nitrogens is 4. The molecule has 1 amide bonds. The number of benzene rings is 3. The molecule has 3 aromatic carbocycles. The van der Waals surface area contributed by atoms with Crippen molar-refractivity contribution in [2.24, 2.45) is 0 Å². The van der Waals surface area contributed by atoms with Crippen LogP contribution in [0.3, 0.4) is 0 Å². The van der Waals surface area contributed by atoms with E-state index in [1.807, 2.05) is 54.4 Å². The molecular formula is C22H19FN6O. The van der Waals surface area contributed by atoms with E-state index in [0.29, 0.717) is 17.1 Å². The predicted molar refractivity (Wildman–Crippen MR) is 113 cm³/mol. The minimum Gasteiger partial charge on any atom is -0.344 e. The Labute approximate surface area is 172 Å². The van der Waals surface area contributed by atoms with Crippen molar-refractivity contribution < 1.29 is 9.18 Å². The van der Waals surface area contributed by atoms with Crippen molar-refractivity contribution in [2.75, 3.05) is 17.3 Å². The molecule has 0 spiro atoms. The van der Waals surface area contributed by atoms with Crippen molar-refractivity contribution in [1.82, 2.24) is 20.2 Å². The van der Waals surface area contributed by atoms with E-state index in [1.165, 1.54) is 22.9 Å². The Kier molecular flexibility index (Phi) is 5.21. The lowest BCUT2D eigenvalue weighted by Crippen LogP contribution is -2.18. The molecule has 150 valence electrons. The predicted octanol–water partition coefficient (Wildman–Crippen LogP) is 4.13. The fourth-order valence-electron chi connectivity index (χ4n) is 3.15. The topological polar surface area (TPSA) is 75.9 Å². The summed E-state index contributed by atoms with van der Waals surface area (Å²) >= 11 is 0. The molecular weight excluding hydrogens is 383 g/mol. The third-order valence-electron chi connectivity index (χ3n) is 4.71. The smallest absolute Gasteiger partial charge is 0.257 e. The van der Waals surface area contributed by atoms with E-state index in [-0.39, 0.29) is 11.6 Å². The maximum atomic E-state index is 14.3. The van der Waals surface area contributed by atoms with Gasteiger partial charge in [-0.2, -0.15) is 4.68 Å². The lowest BCUT2D eigenvalue weighted by Gasteiger charge is -2.22. The van der Waals surface area contributed by atoms with Crippen molar-refractivity contribution >= 4 is 23.0 Å². The third kappa shape index (κ3) is 3.75. The van der Waals surface area contributed by atoms with Gasteiger partial charge in [0.1, 0.15) is 11.5 Å². The first-order chi connectivity index (χ1) is 14.5. The number of aryl methyl sites for hydroxylation is 1. The Morgan fingerprint density at radius 1 is 1.03 bits per heavy atom. The lowest BCUT2D eigenvalue weighted by atomic mass is 10.1. The molecule has 0 aliphatic heterocycles. The van der Waals surface area contributed by atoms with Crippen LogP contribution in [0.25, 0.3) is 5.69 Å². The fourth-order valence-corrected chi connectivity index (χ4v) is 3.15. The largest absolute Gasteiger partial charge is 0.344 e. The minimum absolute atomic E-state index is 0.157. The van der Waals surface area contributed by atoms with Crippen molar-refractivity contribution in [3.63, 3.8) is 0 Å². The second kappa shape index (κ2) is 8.12. The molecule has 7 nitrogen and oxygen atoms in total. The fraction of sp³-hybridized carbons (Fsp3) is 0.0909. The molecule has 0 aliphatic carbocycles. The summed E-state index contributed by atoms with van der Waals surface area (Å²) in [7, 11) is 1.90. The van der Waals surface area contributed by atoms with Crippen molar-refractivity contribution in [2.45, 2.75) is 6.92 Å². The third-order valence-corrected chi connectivity index (χ3v) is 4.71. The monoisotopic (exact) mass is 402 g/mol. The summed E-state index contributed by atoms with van der Waals surface area (Å²) in [6, 6.07) is 21.3. The highest BCUT2D eigenvalue weighted by Gasteiger charge is 2.17. The molecule has 0 saturated heterocycles. The number of rotatable bonds is 5. The number of carbonyl (C=O) groups is 1. The molecule has 0 unspecified atom stereocenters. The first kappa shape index (κ1) is 19.3. The van der Waals surface area contributed by atoms with E-state index < -0.39 is 5.82 Å². The zero-order valence-electron chi connectivity index (χ0n) is 16.5. The normalized spacial score (nSPS) is 10.6. The molecule has 4 rings (SSSR count). The van der Waals surface area contributed by atoms with Gasteiger partial charge in [-0.25, -0.2) is 4.39 Å². The number of hydrogen-bond acceptors (Lipinski definition) is 5. The summed E-state index contributed by atoms with van der Waals surface area (Å²) < 4.78 is 15.6. The van der Waals surface area contributed by atoms with Crippen molar-refractivity contribution in [3.05, 3.63) is 90.0 Å². The Hall–Kier alpha value is -4.07. The van der Waals surface area contributed by atoms with E-state index >= 15 is 0 Å². The van der Waals surface area contributed by atoms with Crippen LogP contribution in [-0.4, -0.2) is 33.2 Å². The van der Waals surface area contributed by atoms with Gasteiger partial charge in [0.05, 0.1) is 11.3 Å². The molecule has 0 atom stereocenters. The van der Waals surface area contributed by atoms with Crippen LogP contribution in [0.15, 0.2) is 72.8 Å². The number of tetrazole rings is 1. The minimum atomic E-state index is -0.493. The number of hydrogen-bond donors (Lipinski definition) is 1. The average Bonchev–Trinajstić information content (AvgIpc) is 3.20. The quantitative estimate of drug-likeness (QED) is 0.543. The van der Waals surface area contributed by atoms with E-state index in [1.54, 1.807) is 19.1 Å². The number of para-hydroxylation sites is 2. The maximum absolute atomic E-state index is 14.3. The zero-order chi connectivity index (χ0) is 21.1. The van der Waals surface area contributed by atoms with Crippen LogP contribution in [0.2, 0.25) is 0 Å². The van der Waals surface area contributed by atoms with E-state index in [9.17, 15) is 9.18 Å². The van der Waals surface area contributed by atoms with Gasteiger partial charge in [0.15, 0.2) is 5.82 Å². The molecule has 1 heterocycles. The Balaban J connectivity index is 1.64. The van der Waals surface area contributed by atoms with Crippen molar-refractivity contribution in [1.29, 1.82) is 0 Å². The first-order valence-electron chi connectivity index (χ1n) is 9.28. The summed E-state index contributed by atoms with van der Waals surface area (Å²) in [4.78, 5) is 15.0. The van der Waals surface area contributed by atoms with Gasteiger partial charge >= 0.3 is 0 Å². The van der Waals surface area contributed by atoms with Gasteiger partial charge in [-0.15, -0.1) is 5.10 Å². The standard InChI is InChI=1S/C22H19FN6O/c1-15-25-26-27-29(15)21-14-16(12-13-19(21)23)24-22(30)18-10-6-7-11-20(18)28(2)17-8-4-3-5-9-17/h3-14H,1-2H3,(H,24,30). The average molecular weight is 402 g/mol. The van der Waals surface area contributed by atoms with Gasteiger partial charge < -0.3 is 10.2 Å². The molecule has 0 bridgehead atoms. The summed E-state index contributed by atoms with van der Waals surface area (Å²) in [6.07, 6.45) is 0. The molecule has 0 radical (unpaired) electrons. The van der Waals surface area contributed by atoms with Crippen LogP contribution in [-0.2, 0) is 0 Å². The Bertz CT molecular complexity index is 1190. The Morgan fingerprint density at radius 3 is 2.50 bits per heavy atom. The van der Waals surface area contributed by atoms with Gasteiger partial charge in [-0.1, -0.05) is 30.3 Å². The zero-order valence-corrected chi connectivity index (χ0v) is 16.5. The molecule has 1 N–H and O–H groups in total. The van der Waals surface area contributed by atoms with Gasteiger partial charge in [0.25, 0.3) is 5.91 Å². The van der Waals surface area contributed by atoms with Crippen LogP contribution < -0.4 is 10.2 Å². The number of nitrogens with one attached hydrogen (secondary N) is 1. The van der Waals surface area contributed by atoms with Gasteiger partial charge in [-0.3, -0.25) is 4.79 Å². The highest BCUT2D eigenvalue weighted by molar-refractivity contribution is 6.08. The molecule has 0 fully saturated rings. The van der Waals surface area contributed by atoms with Gasteiger partial charge in [0.2, 0.25) is 0 Å². The number of anilines is 3. The molecule has 4 aromatic rings. The second-order valence-electron chi connectivity index (χ2n) is 6.67. The van der Waals surface area contributed by atoms with E-state index in [2.05, 4.69) is 20.8 Å². The second-order valence-corrected chi connectivity index (χ2v) is 6.67. The van der Waals surface area contributed by atoms with E-state index in [4.69, 9.17) is 0 Å². The lowest BCUT2D eigenvalue weighted by molar-refractivity contribution is 0.102. The van der Waals surface area contributed by atoms with Gasteiger partial charge in [-0.05, 0) is 59.8 Å². The SMILES string of the molecule is Cc1nnnn1-c1cc(NC(=O)c2ccccc2N(C)c2ccccc2)ccc1F. The summed E-state index contributed by atoms with van der Waals surface area (Å²) in [5.74, 6) is -0.362. The molecule has 0 saturated carbocycles. The molecule has 0 aliphatic rings. The molecule has 30 heavy (non-hydrogen) atoms. The van der Waals surface area contributed by atoms with Crippen LogP contribution in [0.1, 0.15) is 16.2 Å². The van der Waals surface area contributed by atoms with Crippen LogP contribution in [0.4, 0.5) is 21.5 Å². The highest BCUT2D eigenvalue weighted by Crippen LogP contribution is 2.28. The van der Waals surface area contributed by atoms with Crippen molar-refractivity contribution in [3.8, 4) is 5.69 Å². The maximum Gasteiger partial charge on any atom is 0.257 e. The van der Waals surface area contributed by atoms with Crippen LogP contribution in [0, 0.1) is 12.7 Å². The van der Waals surface area contributed by atoms with E-state index in [0.717, 1.165) is 11.4 Å². The Morgan fingerprint density at radius 2 is 1.77 bits per heavy atom. The van der Waals surface area contributed by atoms with Gasteiger partial charge in [0, 0.05) is 18.4 Å². The molecule has 8 heteroatoms. The summed E-state index contributed by atoms with van der Waals surface area (Å²) in [6.45, 7) is 1.67. The molecule has 1 aromatic heterocycles. The number of nitrogens with zero attached hydrogens (tertiary/aromatic N) is 5. The first-order valence-corrected chi connectivity index (χ1v) is 9.28. The van der Waals surface area contributed by atoms with Crippen LogP contribution in [0.5, 0.6) is 0 Å². The summed E-state index contributed by atoms with van der Waals surface area (Å²) in [5.41, 5.74) is 2.79. The number of amides is 1. The van der Waals surface area contributed by atoms with Crippen LogP contribution >= 0.6 is 0 Å². The number of carbonyl (C=O) groups excluding carboxylic acids is 1. The summed E-state index contributed by atoms with van der Waals surface area (Å²) in [5, 5.41) is 13.9. The highest BCUT2D eigenvalue weighted by atomic mass is 19.1.